The van der Waals surface area contributed by atoms with Crippen LogP contribution in [0.15, 0.2) is 18.2 Å². The van der Waals surface area contributed by atoms with Gasteiger partial charge in [0.25, 0.3) is 0 Å². The van der Waals surface area contributed by atoms with Crippen LogP contribution in [0, 0.1) is 5.92 Å². The summed E-state index contributed by atoms with van der Waals surface area (Å²) in [6.07, 6.45) is 0.477. The molecule has 1 aromatic carbocycles. The standard InChI is InChI=1S/C13H12ClNO3/c14-5-8-3-12(16)15(6-8)10-2-1-9-7-18-13(17)11(9)4-10/h1-2,4,8H,3,5-7H2. The van der Waals surface area contributed by atoms with E-state index in [1.165, 1.54) is 0 Å². The van der Waals surface area contributed by atoms with Crippen LogP contribution in [0.4, 0.5) is 5.69 Å². The number of cyclic esters (lactones) is 1. The maximum Gasteiger partial charge on any atom is 0.338 e. The van der Waals surface area contributed by atoms with Gasteiger partial charge in [0.2, 0.25) is 5.91 Å². The molecule has 1 unspecified atom stereocenters. The third-order valence-corrected chi connectivity index (χ3v) is 3.84. The summed E-state index contributed by atoms with van der Waals surface area (Å²) in [4.78, 5) is 25.1. The van der Waals surface area contributed by atoms with Gasteiger partial charge in [-0.05, 0) is 18.1 Å². The van der Waals surface area contributed by atoms with Gasteiger partial charge in [-0.2, -0.15) is 0 Å². The summed E-state index contributed by atoms with van der Waals surface area (Å²) >= 11 is 5.79. The molecule has 2 aliphatic heterocycles. The molecule has 0 aromatic heterocycles. The molecule has 4 nitrogen and oxygen atoms in total. The van der Waals surface area contributed by atoms with Gasteiger partial charge >= 0.3 is 5.97 Å². The number of amides is 1. The van der Waals surface area contributed by atoms with Crippen LogP contribution in [0.1, 0.15) is 22.3 Å². The van der Waals surface area contributed by atoms with Crippen LogP contribution in [0.3, 0.4) is 0 Å². The molecule has 94 valence electrons. The van der Waals surface area contributed by atoms with Gasteiger partial charge in [-0.3, -0.25) is 4.79 Å². The number of alkyl halides is 1. The minimum Gasteiger partial charge on any atom is -0.457 e. The first-order valence-corrected chi connectivity index (χ1v) is 6.39. The summed E-state index contributed by atoms with van der Waals surface area (Å²) in [7, 11) is 0. The van der Waals surface area contributed by atoms with Crippen molar-refractivity contribution in [2.45, 2.75) is 13.0 Å². The minimum atomic E-state index is -0.313. The fourth-order valence-electron chi connectivity index (χ4n) is 2.40. The Morgan fingerprint density at radius 3 is 2.94 bits per heavy atom. The van der Waals surface area contributed by atoms with Crippen molar-refractivity contribution >= 4 is 29.2 Å². The lowest BCUT2D eigenvalue weighted by molar-refractivity contribution is -0.117. The molecular formula is C13H12ClNO3. The number of hydrogen-bond donors (Lipinski definition) is 0. The molecule has 0 radical (unpaired) electrons. The van der Waals surface area contributed by atoms with Crippen molar-refractivity contribution in [3.63, 3.8) is 0 Å². The highest BCUT2D eigenvalue weighted by Crippen LogP contribution is 2.30. The van der Waals surface area contributed by atoms with E-state index >= 15 is 0 Å². The molecule has 1 aromatic rings. The second kappa shape index (κ2) is 4.28. The predicted octanol–water partition coefficient (Wildman–Crippen LogP) is 1.95. The fraction of sp³-hybridized carbons (Fsp3) is 0.385. The zero-order chi connectivity index (χ0) is 12.7. The largest absolute Gasteiger partial charge is 0.457 e. The van der Waals surface area contributed by atoms with Crippen molar-refractivity contribution in [1.82, 2.24) is 0 Å². The summed E-state index contributed by atoms with van der Waals surface area (Å²) in [5, 5.41) is 0. The lowest BCUT2D eigenvalue weighted by Crippen LogP contribution is -2.24. The summed E-state index contributed by atoms with van der Waals surface area (Å²) in [5.74, 6) is 0.425. The van der Waals surface area contributed by atoms with Gasteiger partial charge in [0.05, 0.1) is 5.56 Å². The Labute approximate surface area is 109 Å². The van der Waals surface area contributed by atoms with Gasteiger partial charge in [-0.15, -0.1) is 11.6 Å². The SMILES string of the molecule is O=C1OCc2ccc(N3CC(CCl)CC3=O)cc21. The van der Waals surface area contributed by atoms with Crippen LogP contribution in [0.5, 0.6) is 0 Å². The molecule has 18 heavy (non-hydrogen) atoms. The molecule has 1 saturated heterocycles. The molecule has 2 heterocycles. The maximum absolute atomic E-state index is 11.9. The van der Waals surface area contributed by atoms with E-state index in [2.05, 4.69) is 0 Å². The van der Waals surface area contributed by atoms with Crippen molar-refractivity contribution in [1.29, 1.82) is 0 Å². The first-order valence-electron chi connectivity index (χ1n) is 5.85. The zero-order valence-corrected chi connectivity index (χ0v) is 10.4. The lowest BCUT2D eigenvalue weighted by Gasteiger charge is -2.16. The summed E-state index contributed by atoms with van der Waals surface area (Å²) in [6.45, 7) is 0.947. The molecule has 0 saturated carbocycles. The highest BCUT2D eigenvalue weighted by atomic mass is 35.5. The molecule has 2 aliphatic rings. The number of carbonyl (C=O) groups excluding carboxylic acids is 2. The maximum atomic E-state index is 11.9. The van der Waals surface area contributed by atoms with E-state index in [1.54, 1.807) is 11.0 Å². The van der Waals surface area contributed by atoms with Gasteiger partial charge < -0.3 is 9.64 Å². The number of esters is 1. The molecule has 5 heteroatoms. The van der Waals surface area contributed by atoms with Crippen LogP contribution in [0.25, 0.3) is 0 Å². The molecule has 1 fully saturated rings. The van der Waals surface area contributed by atoms with E-state index in [9.17, 15) is 9.59 Å². The van der Waals surface area contributed by atoms with E-state index in [1.807, 2.05) is 12.1 Å². The molecule has 0 spiro atoms. The second-order valence-electron chi connectivity index (χ2n) is 4.65. The quantitative estimate of drug-likeness (QED) is 0.607. The van der Waals surface area contributed by atoms with Crippen LogP contribution < -0.4 is 4.90 Å². The molecule has 0 N–H and O–H groups in total. The van der Waals surface area contributed by atoms with E-state index in [0.29, 0.717) is 31.0 Å². The zero-order valence-electron chi connectivity index (χ0n) is 9.69. The Morgan fingerprint density at radius 2 is 2.22 bits per heavy atom. The molecule has 0 bridgehead atoms. The summed E-state index contributed by atoms with van der Waals surface area (Å²) < 4.78 is 4.95. The Morgan fingerprint density at radius 1 is 1.39 bits per heavy atom. The monoisotopic (exact) mass is 265 g/mol. The summed E-state index contributed by atoms with van der Waals surface area (Å²) in [6, 6.07) is 5.44. The highest BCUT2D eigenvalue weighted by Gasteiger charge is 2.31. The van der Waals surface area contributed by atoms with E-state index in [4.69, 9.17) is 16.3 Å². The number of fused-ring (bicyclic) bond motifs is 1. The third kappa shape index (κ3) is 1.77. The average Bonchev–Trinajstić information content (AvgIpc) is 2.93. The first-order chi connectivity index (χ1) is 8.69. The van der Waals surface area contributed by atoms with E-state index in [-0.39, 0.29) is 17.8 Å². The molecule has 0 aliphatic carbocycles. The number of nitrogens with zero attached hydrogens (tertiary/aromatic N) is 1. The van der Waals surface area contributed by atoms with Gasteiger partial charge in [0.1, 0.15) is 6.61 Å². The number of halogens is 1. The number of ether oxygens (including phenoxy) is 1. The smallest absolute Gasteiger partial charge is 0.338 e. The highest BCUT2D eigenvalue weighted by molar-refractivity contribution is 6.18. The van der Waals surface area contributed by atoms with Gasteiger partial charge in [-0.1, -0.05) is 6.07 Å². The number of benzene rings is 1. The van der Waals surface area contributed by atoms with Crippen molar-refractivity contribution in [3.8, 4) is 0 Å². The minimum absolute atomic E-state index is 0.0620. The van der Waals surface area contributed by atoms with Crippen LogP contribution >= 0.6 is 11.6 Å². The predicted molar refractivity (Wildman–Crippen MR) is 66.7 cm³/mol. The van der Waals surface area contributed by atoms with Gasteiger partial charge in [-0.25, -0.2) is 4.79 Å². The number of carbonyl (C=O) groups is 2. The Kier molecular flexibility index (Phi) is 2.74. The summed E-state index contributed by atoms with van der Waals surface area (Å²) in [5.41, 5.74) is 2.20. The third-order valence-electron chi connectivity index (χ3n) is 3.41. The number of hydrogen-bond acceptors (Lipinski definition) is 3. The van der Waals surface area contributed by atoms with E-state index < -0.39 is 0 Å². The lowest BCUT2D eigenvalue weighted by atomic mass is 10.1. The normalized spacial score (nSPS) is 22.3. The Bertz CT molecular complexity index is 529. The number of anilines is 1. The molecule has 1 amide bonds. The average molecular weight is 266 g/mol. The van der Waals surface area contributed by atoms with Crippen molar-refractivity contribution in [2.75, 3.05) is 17.3 Å². The Hall–Kier alpha value is -1.55. The Balaban J connectivity index is 1.92. The van der Waals surface area contributed by atoms with Crippen molar-refractivity contribution in [3.05, 3.63) is 29.3 Å². The topological polar surface area (TPSA) is 46.6 Å². The molecular weight excluding hydrogens is 254 g/mol. The van der Waals surface area contributed by atoms with E-state index in [0.717, 1.165) is 11.3 Å². The van der Waals surface area contributed by atoms with Crippen molar-refractivity contribution in [2.24, 2.45) is 5.92 Å². The van der Waals surface area contributed by atoms with Crippen LogP contribution in [0.2, 0.25) is 0 Å². The fourth-order valence-corrected chi connectivity index (χ4v) is 2.61. The van der Waals surface area contributed by atoms with Gasteiger partial charge in [0, 0.05) is 30.1 Å². The number of rotatable bonds is 2. The molecule has 1 atom stereocenters. The van der Waals surface area contributed by atoms with Crippen molar-refractivity contribution < 1.29 is 14.3 Å². The first kappa shape index (κ1) is 11.5. The van der Waals surface area contributed by atoms with Gasteiger partial charge in [0.15, 0.2) is 0 Å². The van der Waals surface area contributed by atoms with Crippen LogP contribution in [-0.2, 0) is 16.1 Å². The second-order valence-corrected chi connectivity index (χ2v) is 4.95. The van der Waals surface area contributed by atoms with Crippen LogP contribution in [-0.4, -0.2) is 24.3 Å². The molecule has 3 rings (SSSR count).